The number of aliphatic hydroxyl groups excluding tert-OH is 2. The maximum atomic E-state index is 11.7. The molecule has 8 nitrogen and oxygen atoms in total. The third-order valence-electron chi connectivity index (χ3n) is 3.24. The van der Waals surface area contributed by atoms with Crippen molar-refractivity contribution in [3.63, 3.8) is 0 Å². The lowest BCUT2D eigenvalue weighted by molar-refractivity contribution is -0.179. The summed E-state index contributed by atoms with van der Waals surface area (Å²) in [5, 5.41) is 19.1. The van der Waals surface area contributed by atoms with E-state index in [1.807, 2.05) is 0 Å². The number of ether oxygens (including phenoxy) is 2. The van der Waals surface area contributed by atoms with E-state index in [0.717, 1.165) is 0 Å². The maximum absolute atomic E-state index is 11.7. The zero-order valence-electron chi connectivity index (χ0n) is 10.4. The van der Waals surface area contributed by atoms with Gasteiger partial charge < -0.3 is 19.7 Å². The van der Waals surface area contributed by atoms with Crippen molar-refractivity contribution >= 4 is 0 Å². The average Bonchev–Trinajstić information content (AvgIpc) is 2.38. The van der Waals surface area contributed by atoms with Crippen LogP contribution in [-0.4, -0.2) is 58.4 Å². The number of H-pyrrole nitrogens is 1. The fourth-order valence-corrected chi connectivity index (χ4v) is 2.24. The normalized spacial score (nSPS) is 31.3. The van der Waals surface area contributed by atoms with Gasteiger partial charge in [-0.2, -0.15) is 0 Å². The van der Waals surface area contributed by atoms with Crippen molar-refractivity contribution in [2.45, 2.75) is 24.4 Å². The van der Waals surface area contributed by atoms with Gasteiger partial charge in [-0.25, -0.2) is 4.79 Å². The molecule has 0 amide bonds. The molecular formula is C11H16N2O6. The predicted molar refractivity (Wildman–Crippen MR) is 64.0 cm³/mol. The molecule has 0 radical (unpaired) electrons. The quantitative estimate of drug-likeness (QED) is 0.578. The van der Waals surface area contributed by atoms with Gasteiger partial charge in [-0.15, -0.1) is 0 Å². The number of hydrogen-bond donors (Lipinski definition) is 3. The number of nitrogens with zero attached hydrogens (tertiary/aromatic N) is 1. The monoisotopic (exact) mass is 272 g/mol. The van der Waals surface area contributed by atoms with Gasteiger partial charge in [-0.1, -0.05) is 0 Å². The molecule has 1 fully saturated rings. The summed E-state index contributed by atoms with van der Waals surface area (Å²) in [5.74, 6) is 0. The molecule has 1 saturated heterocycles. The van der Waals surface area contributed by atoms with E-state index in [9.17, 15) is 14.7 Å². The average molecular weight is 272 g/mol. The largest absolute Gasteiger partial charge is 0.394 e. The van der Waals surface area contributed by atoms with Gasteiger partial charge in [0, 0.05) is 19.4 Å². The first-order chi connectivity index (χ1) is 9.08. The van der Waals surface area contributed by atoms with Gasteiger partial charge in [0.05, 0.1) is 19.3 Å². The smallest absolute Gasteiger partial charge is 0.328 e. The molecule has 0 aromatic carbocycles. The molecule has 1 aliphatic heterocycles. The molecule has 0 saturated carbocycles. The first-order valence-corrected chi connectivity index (χ1v) is 5.83. The summed E-state index contributed by atoms with van der Waals surface area (Å²) >= 11 is 0. The van der Waals surface area contributed by atoms with Crippen LogP contribution < -0.4 is 11.2 Å². The SMILES string of the molecule is CO[C@@H]1[C@H](O)[C@@H](CO)OC[C@H]1n1ccc(=O)[nH]c1=O. The molecule has 3 N–H and O–H groups in total. The van der Waals surface area contributed by atoms with Crippen LogP contribution in [0.4, 0.5) is 0 Å². The molecule has 19 heavy (non-hydrogen) atoms. The van der Waals surface area contributed by atoms with Crippen molar-refractivity contribution < 1.29 is 19.7 Å². The molecular weight excluding hydrogens is 256 g/mol. The third-order valence-corrected chi connectivity index (χ3v) is 3.24. The number of nitrogens with one attached hydrogen (secondary N) is 1. The van der Waals surface area contributed by atoms with E-state index in [1.165, 1.54) is 23.9 Å². The lowest BCUT2D eigenvalue weighted by Crippen LogP contribution is -2.54. The molecule has 2 rings (SSSR count). The Labute approximate surface area is 108 Å². The van der Waals surface area contributed by atoms with Crippen LogP contribution in [0.25, 0.3) is 0 Å². The molecule has 2 heterocycles. The standard InChI is InChI=1S/C11H16N2O6/c1-18-10-6(5-19-7(4-14)9(10)16)13-3-2-8(15)12-11(13)17/h2-3,6-7,9-10,14,16H,4-5H2,1H3,(H,12,15,17)/t6-,7-,9-,10+/m1/s1. The summed E-state index contributed by atoms with van der Waals surface area (Å²) in [6.07, 6.45) is -1.20. The van der Waals surface area contributed by atoms with Gasteiger partial charge in [-0.3, -0.25) is 14.3 Å². The Kier molecular flexibility index (Phi) is 4.15. The number of rotatable bonds is 3. The highest BCUT2D eigenvalue weighted by Crippen LogP contribution is 2.25. The zero-order valence-corrected chi connectivity index (χ0v) is 10.4. The van der Waals surface area contributed by atoms with Crippen molar-refractivity contribution in [1.82, 2.24) is 9.55 Å². The van der Waals surface area contributed by atoms with Crippen LogP contribution in [0.5, 0.6) is 0 Å². The predicted octanol–water partition coefficient (Wildman–Crippen LogP) is -2.16. The lowest BCUT2D eigenvalue weighted by atomic mass is 9.98. The second kappa shape index (κ2) is 5.66. The van der Waals surface area contributed by atoms with Gasteiger partial charge in [0.1, 0.15) is 18.3 Å². The highest BCUT2D eigenvalue weighted by atomic mass is 16.5. The van der Waals surface area contributed by atoms with Crippen LogP contribution in [-0.2, 0) is 9.47 Å². The Hall–Kier alpha value is -1.48. The molecule has 0 spiro atoms. The fourth-order valence-electron chi connectivity index (χ4n) is 2.24. The summed E-state index contributed by atoms with van der Waals surface area (Å²) in [6, 6.07) is 0.630. The number of hydrogen-bond acceptors (Lipinski definition) is 6. The minimum atomic E-state index is -1.06. The van der Waals surface area contributed by atoms with Gasteiger partial charge in [0.2, 0.25) is 0 Å². The first kappa shape index (κ1) is 13.9. The first-order valence-electron chi connectivity index (χ1n) is 5.83. The van der Waals surface area contributed by atoms with Crippen LogP contribution in [0.3, 0.4) is 0 Å². The van der Waals surface area contributed by atoms with Crippen molar-refractivity contribution in [2.75, 3.05) is 20.3 Å². The van der Waals surface area contributed by atoms with E-state index in [1.54, 1.807) is 0 Å². The molecule has 106 valence electrons. The molecule has 1 aliphatic rings. The number of aromatic nitrogens is 2. The summed E-state index contributed by atoms with van der Waals surface area (Å²) in [5.41, 5.74) is -1.10. The Morgan fingerprint density at radius 3 is 2.89 bits per heavy atom. The van der Waals surface area contributed by atoms with Crippen LogP contribution in [0.1, 0.15) is 6.04 Å². The lowest BCUT2D eigenvalue weighted by Gasteiger charge is -2.39. The van der Waals surface area contributed by atoms with Crippen LogP contribution in [0.15, 0.2) is 21.9 Å². The molecule has 4 atom stereocenters. The fraction of sp³-hybridized carbons (Fsp3) is 0.636. The van der Waals surface area contributed by atoms with E-state index < -0.39 is 35.6 Å². The molecule has 1 aromatic heterocycles. The Morgan fingerprint density at radius 1 is 1.58 bits per heavy atom. The molecule has 0 unspecified atom stereocenters. The summed E-state index contributed by atoms with van der Waals surface area (Å²) < 4.78 is 11.7. The van der Waals surface area contributed by atoms with Crippen molar-refractivity contribution in [3.8, 4) is 0 Å². The maximum Gasteiger partial charge on any atom is 0.328 e. The minimum absolute atomic E-state index is 0.0900. The molecule has 0 bridgehead atoms. The van der Waals surface area contributed by atoms with Gasteiger partial charge in [-0.05, 0) is 0 Å². The third kappa shape index (κ3) is 2.61. The van der Waals surface area contributed by atoms with E-state index in [2.05, 4.69) is 4.98 Å². The zero-order chi connectivity index (χ0) is 14.0. The highest BCUT2D eigenvalue weighted by Gasteiger charge is 2.40. The van der Waals surface area contributed by atoms with Crippen LogP contribution in [0.2, 0.25) is 0 Å². The van der Waals surface area contributed by atoms with Crippen molar-refractivity contribution in [2.24, 2.45) is 0 Å². The Balaban J connectivity index is 2.33. The molecule has 0 aliphatic carbocycles. The molecule has 1 aromatic rings. The van der Waals surface area contributed by atoms with Crippen molar-refractivity contribution in [1.29, 1.82) is 0 Å². The number of aliphatic hydroxyl groups is 2. The van der Waals surface area contributed by atoms with Gasteiger partial charge in [0.15, 0.2) is 0 Å². The van der Waals surface area contributed by atoms with Gasteiger partial charge >= 0.3 is 5.69 Å². The van der Waals surface area contributed by atoms with E-state index in [-0.39, 0.29) is 13.2 Å². The number of methoxy groups -OCH3 is 1. The van der Waals surface area contributed by atoms with Crippen LogP contribution in [0, 0.1) is 0 Å². The van der Waals surface area contributed by atoms with Gasteiger partial charge in [0.25, 0.3) is 5.56 Å². The highest BCUT2D eigenvalue weighted by molar-refractivity contribution is 4.94. The number of aromatic amines is 1. The molecule has 8 heteroatoms. The summed E-state index contributed by atoms with van der Waals surface area (Å²) in [7, 11) is 1.40. The summed E-state index contributed by atoms with van der Waals surface area (Å²) in [4.78, 5) is 24.9. The van der Waals surface area contributed by atoms with Crippen LogP contribution >= 0.6 is 0 Å². The topological polar surface area (TPSA) is 114 Å². The Bertz CT molecular complexity index is 538. The van der Waals surface area contributed by atoms with E-state index in [0.29, 0.717) is 0 Å². The van der Waals surface area contributed by atoms with E-state index in [4.69, 9.17) is 14.6 Å². The van der Waals surface area contributed by atoms with E-state index >= 15 is 0 Å². The Morgan fingerprint density at radius 2 is 2.32 bits per heavy atom. The second-order valence-corrected chi connectivity index (χ2v) is 4.33. The van der Waals surface area contributed by atoms with Crippen molar-refractivity contribution in [3.05, 3.63) is 33.1 Å². The second-order valence-electron chi connectivity index (χ2n) is 4.33. The minimum Gasteiger partial charge on any atom is -0.394 e. The summed E-state index contributed by atoms with van der Waals surface area (Å²) in [6.45, 7) is -0.249.